The highest BCUT2D eigenvalue weighted by molar-refractivity contribution is 6.16. The molecule has 43 heavy (non-hydrogen) atoms. The molecule has 0 bridgehead atoms. The van der Waals surface area contributed by atoms with E-state index < -0.39 is 63.4 Å². The Labute approximate surface area is 240 Å². The highest BCUT2D eigenvalue weighted by Crippen LogP contribution is 2.37. The van der Waals surface area contributed by atoms with Crippen molar-refractivity contribution in [1.29, 1.82) is 0 Å². The minimum Gasteiger partial charge on any atom is -0.450 e. The minimum atomic E-state index is -5.18. The third-order valence-corrected chi connectivity index (χ3v) is 7.50. The quantitative estimate of drug-likeness (QED) is 0.201. The van der Waals surface area contributed by atoms with Crippen LogP contribution in [0.15, 0.2) is 75.9 Å². The molecule has 0 radical (unpaired) electrons. The number of alkyl halides is 6. The molecule has 0 spiro atoms. The number of nitrogens with two attached hydrogens (primary N) is 1. The van der Waals surface area contributed by atoms with Gasteiger partial charge in [0.05, 0.1) is 22.1 Å². The lowest BCUT2D eigenvalue weighted by molar-refractivity contribution is -0.143. The van der Waals surface area contributed by atoms with Crippen molar-refractivity contribution in [3.63, 3.8) is 0 Å². The summed E-state index contributed by atoms with van der Waals surface area (Å²) in [5.41, 5.74) is 0.742. The minimum absolute atomic E-state index is 0.0835. The Morgan fingerprint density at radius 2 is 1.56 bits per heavy atom. The Bertz CT molecular complexity index is 1730. The number of fused-ring (bicyclic) bond motifs is 1. The molecule has 1 aliphatic rings. The van der Waals surface area contributed by atoms with E-state index in [0.717, 1.165) is 11.6 Å². The van der Waals surface area contributed by atoms with Crippen molar-refractivity contribution in [1.82, 2.24) is 5.32 Å². The van der Waals surface area contributed by atoms with Gasteiger partial charge in [0.15, 0.2) is 17.0 Å². The molecule has 1 saturated heterocycles. The molecule has 12 heteroatoms. The lowest BCUT2D eigenvalue weighted by atomic mass is 9.82. The monoisotopic (exact) mass is 602 g/mol. The predicted octanol–water partition coefficient (Wildman–Crippen LogP) is 6.24. The van der Waals surface area contributed by atoms with Crippen LogP contribution < -0.4 is 16.5 Å². The van der Waals surface area contributed by atoms with Crippen molar-refractivity contribution in [3.8, 4) is 0 Å². The fourth-order valence-electron chi connectivity index (χ4n) is 5.56. The molecule has 6 nitrogen and oxygen atoms in total. The maximum Gasteiger partial charge on any atom is 0.416 e. The van der Waals surface area contributed by atoms with Gasteiger partial charge in [0.1, 0.15) is 5.58 Å². The van der Waals surface area contributed by atoms with Crippen LogP contribution in [0, 0.1) is 0 Å². The van der Waals surface area contributed by atoms with Gasteiger partial charge >= 0.3 is 12.4 Å². The highest BCUT2D eigenvalue weighted by Gasteiger charge is 2.38. The van der Waals surface area contributed by atoms with Crippen molar-refractivity contribution in [2.45, 2.75) is 43.6 Å². The number of hydrogen-bond acceptors (Lipinski definition) is 5. The average Bonchev–Trinajstić information content (AvgIpc) is 2.96. The number of ketones is 1. The van der Waals surface area contributed by atoms with Crippen LogP contribution in [-0.2, 0) is 18.8 Å². The molecule has 1 aromatic heterocycles. The lowest BCUT2D eigenvalue weighted by Crippen LogP contribution is -2.40. The van der Waals surface area contributed by atoms with Gasteiger partial charge < -0.3 is 15.5 Å². The van der Waals surface area contributed by atoms with E-state index in [4.69, 9.17) is 10.2 Å². The summed E-state index contributed by atoms with van der Waals surface area (Å²) in [6, 6.07) is 13.6. The summed E-state index contributed by atoms with van der Waals surface area (Å²) in [6.45, 7) is 0.475. The van der Waals surface area contributed by atoms with Gasteiger partial charge in [-0.15, -0.1) is 0 Å². The summed E-state index contributed by atoms with van der Waals surface area (Å²) in [5, 5.41) is 3.01. The van der Waals surface area contributed by atoms with Crippen LogP contribution in [0.1, 0.15) is 67.5 Å². The van der Waals surface area contributed by atoms with E-state index in [0.29, 0.717) is 37.9 Å². The summed E-state index contributed by atoms with van der Waals surface area (Å²) in [7, 11) is 0. The van der Waals surface area contributed by atoms with E-state index >= 15 is 0 Å². The van der Waals surface area contributed by atoms with E-state index in [-0.39, 0.29) is 28.6 Å². The first-order valence-corrected chi connectivity index (χ1v) is 13.2. The first-order valence-electron chi connectivity index (χ1n) is 13.2. The second-order valence-corrected chi connectivity index (χ2v) is 10.4. The Balaban J connectivity index is 1.63. The standard InChI is InChI=1S/C31H24F6N2O4/c32-30(33,34)19-12-18(13-20(15-19)31(35,36)37)26(40)22-7-4-8-23-25(22)27(41)24(28(43-23)29(38)42)17-9-10-39-21(14-17)11-16-5-2-1-3-6-16/h1-8,12-13,15,17,21,39H,9-11,14H2,(H2,38,42). The molecule has 4 aromatic rings. The summed E-state index contributed by atoms with van der Waals surface area (Å²) in [5.74, 6) is -3.23. The molecule has 3 aromatic carbocycles. The fourth-order valence-corrected chi connectivity index (χ4v) is 5.56. The van der Waals surface area contributed by atoms with Crippen LogP contribution in [0.5, 0.6) is 0 Å². The van der Waals surface area contributed by atoms with E-state index in [1.807, 2.05) is 30.3 Å². The zero-order valence-corrected chi connectivity index (χ0v) is 22.3. The molecule has 0 saturated carbocycles. The van der Waals surface area contributed by atoms with Crippen LogP contribution in [0.25, 0.3) is 11.0 Å². The molecule has 2 heterocycles. The summed E-state index contributed by atoms with van der Waals surface area (Å²) in [4.78, 5) is 40.0. The molecule has 5 rings (SSSR count). The van der Waals surface area contributed by atoms with E-state index in [2.05, 4.69) is 5.32 Å². The average molecular weight is 603 g/mol. The third kappa shape index (κ3) is 6.19. The van der Waals surface area contributed by atoms with Gasteiger partial charge in [-0.1, -0.05) is 42.5 Å². The molecular weight excluding hydrogens is 578 g/mol. The lowest BCUT2D eigenvalue weighted by Gasteiger charge is -2.31. The van der Waals surface area contributed by atoms with Crippen LogP contribution >= 0.6 is 0 Å². The number of halogens is 6. The van der Waals surface area contributed by atoms with Crippen molar-refractivity contribution in [3.05, 3.63) is 116 Å². The fraction of sp³-hybridized carbons (Fsp3) is 0.258. The zero-order valence-electron chi connectivity index (χ0n) is 22.3. The normalized spacial score (nSPS) is 17.6. The Kier molecular flexibility index (Phi) is 7.91. The van der Waals surface area contributed by atoms with Crippen LogP contribution in [0.2, 0.25) is 0 Å². The molecule has 1 fully saturated rings. The number of amides is 1. The number of carbonyl (C=O) groups excluding carboxylic acids is 2. The molecule has 3 N–H and O–H groups in total. The molecular formula is C31H24F6N2O4. The van der Waals surface area contributed by atoms with E-state index in [9.17, 15) is 40.7 Å². The van der Waals surface area contributed by atoms with Gasteiger partial charge in [0.25, 0.3) is 5.91 Å². The van der Waals surface area contributed by atoms with Gasteiger partial charge in [-0.05, 0) is 61.6 Å². The predicted molar refractivity (Wildman–Crippen MR) is 145 cm³/mol. The van der Waals surface area contributed by atoms with Crippen LogP contribution in [-0.4, -0.2) is 24.3 Å². The second-order valence-electron chi connectivity index (χ2n) is 10.4. The number of benzene rings is 3. The number of hydrogen-bond donors (Lipinski definition) is 2. The SMILES string of the molecule is NC(=O)c1oc2cccc(C(=O)c3cc(C(F)(F)F)cc(C(F)(F)F)c3)c2c(=O)c1C1CCNC(Cc2ccccc2)C1. The number of carbonyl (C=O) groups is 2. The smallest absolute Gasteiger partial charge is 0.416 e. The van der Waals surface area contributed by atoms with Crippen molar-refractivity contribution in [2.24, 2.45) is 5.73 Å². The molecule has 2 unspecified atom stereocenters. The first kappa shape index (κ1) is 30.0. The van der Waals surface area contributed by atoms with Crippen LogP contribution in [0.3, 0.4) is 0 Å². The van der Waals surface area contributed by atoms with Gasteiger partial charge in [-0.3, -0.25) is 14.4 Å². The van der Waals surface area contributed by atoms with Crippen LogP contribution in [0.4, 0.5) is 26.3 Å². The highest BCUT2D eigenvalue weighted by atomic mass is 19.4. The maximum atomic E-state index is 14.0. The maximum absolute atomic E-state index is 14.0. The van der Waals surface area contributed by atoms with Gasteiger partial charge in [0.2, 0.25) is 0 Å². The number of nitrogens with one attached hydrogen (secondary N) is 1. The zero-order chi connectivity index (χ0) is 31.1. The Morgan fingerprint density at radius 3 is 2.16 bits per heavy atom. The van der Waals surface area contributed by atoms with E-state index in [1.165, 1.54) is 12.1 Å². The van der Waals surface area contributed by atoms with Crippen molar-refractivity contribution >= 4 is 22.7 Å². The summed E-state index contributed by atoms with van der Waals surface area (Å²) >= 11 is 0. The topological polar surface area (TPSA) is 102 Å². The Hall–Kier alpha value is -4.45. The van der Waals surface area contributed by atoms with E-state index in [1.54, 1.807) is 0 Å². The number of piperidine rings is 1. The second kappa shape index (κ2) is 11.3. The summed E-state index contributed by atoms with van der Waals surface area (Å²) < 4.78 is 86.6. The molecule has 2 atom stereocenters. The Morgan fingerprint density at radius 1 is 0.907 bits per heavy atom. The molecule has 224 valence electrons. The van der Waals surface area contributed by atoms with Gasteiger partial charge in [0, 0.05) is 17.2 Å². The number of primary amides is 1. The van der Waals surface area contributed by atoms with Gasteiger partial charge in [-0.25, -0.2) is 0 Å². The van der Waals surface area contributed by atoms with Crippen molar-refractivity contribution in [2.75, 3.05) is 6.54 Å². The first-order chi connectivity index (χ1) is 20.2. The molecule has 0 aliphatic carbocycles. The van der Waals surface area contributed by atoms with Gasteiger partial charge in [-0.2, -0.15) is 26.3 Å². The third-order valence-electron chi connectivity index (χ3n) is 7.50. The summed E-state index contributed by atoms with van der Waals surface area (Å²) in [6.07, 6.45) is -8.94. The van der Waals surface area contributed by atoms with Crippen molar-refractivity contribution < 1.29 is 40.3 Å². The molecule has 1 amide bonds. The molecule has 1 aliphatic heterocycles. The number of rotatable bonds is 6. The largest absolute Gasteiger partial charge is 0.450 e.